The highest BCUT2D eigenvalue weighted by Gasteiger charge is 2.12. The molecule has 0 radical (unpaired) electrons. The number of nitrogens with one attached hydrogen (secondary N) is 2. The Morgan fingerprint density at radius 2 is 2.11 bits per heavy atom. The van der Waals surface area contributed by atoms with Crippen LogP contribution in [0.4, 0.5) is 0 Å². The molecule has 1 saturated heterocycles. The van der Waals surface area contributed by atoms with Crippen molar-refractivity contribution in [2.24, 2.45) is 5.92 Å². The van der Waals surface area contributed by atoms with E-state index in [0.29, 0.717) is 0 Å². The van der Waals surface area contributed by atoms with Crippen LogP contribution >= 0.6 is 0 Å². The van der Waals surface area contributed by atoms with E-state index in [1.165, 1.54) is 29.3 Å². The van der Waals surface area contributed by atoms with Crippen LogP contribution in [0, 0.1) is 5.92 Å². The number of aromatic amines is 1. The molecule has 0 spiro atoms. The molecule has 1 fully saturated rings. The molecule has 1 aliphatic rings. The van der Waals surface area contributed by atoms with Crippen molar-refractivity contribution in [1.29, 1.82) is 0 Å². The van der Waals surface area contributed by atoms with Crippen molar-refractivity contribution in [3.8, 4) is 0 Å². The Balaban J connectivity index is 1.52. The third-order valence-electron chi connectivity index (χ3n) is 3.72. The van der Waals surface area contributed by atoms with E-state index in [2.05, 4.69) is 34.6 Å². The van der Waals surface area contributed by atoms with E-state index < -0.39 is 0 Å². The quantitative estimate of drug-likeness (QED) is 0.867. The molecular weight excluding hydrogens is 224 g/mol. The molecule has 18 heavy (non-hydrogen) atoms. The van der Waals surface area contributed by atoms with Crippen molar-refractivity contribution in [1.82, 2.24) is 10.3 Å². The number of benzene rings is 1. The summed E-state index contributed by atoms with van der Waals surface area (Å²) in [5, 5.41) is 4.84. The van der Waals surface area contributed by atoms with Gasteiger partial charge in [-0.15, -0.1) is 0 Å². The highest BCUT2D eigenvalue weighted by molar-refractivity contribution is 5.79. The highest BCUT2D eigenvalue weighted by atomic mass is 16.5. The van der Waals surface area contributed by atoms with Gasteiger partial charge in [0, 0.05) is 31.5 Å². The molecule has 1 aromatic heterocycles. The van der Waals surface area contributed by atoms with Crippen LogP contribution in [0.1, 0.15) is 18.4 Å². The summed E-state index contributed by atoms with van der Waals surface area (Å²) in [7, 11) is 0. The number of rotatable bonds is 4. The van der Waals surface area contributed by atoms with Gasteiger partial charge in [-0.1, -0.05) is 12.1 Å². The van der Waals surface area contributed by atoms with E-state index in [0.717, 1.165) is 32.2 Å². The number of hydrogen-bond acceptors (Lipinski definition) is 2. The van der Waals surface area contributed by atoms with Crippen molar-refractivity contribution in [3.05, 3.63) is 36.0 Å². The van der Waals surface area contributed by atoms with Gasteiger partial charge in [-0.3, -0.25) is 0 Å². The first-order valence-electron chi connectivity index (χ1n) is 6.76. The van der Waals surface area contributed by atoms with Crippen LogP contribution in [0.3, 0.4) is 0 Å². The van der Waals surface area contributed by atoms with Gasteiger partial charge in [0.2, 0.25) is 0 Å². The first-order chi connectivity index (χ1) is 8.92. The molecule has 0 bridgehead atoms. The maximum Gasteiger partial charge on any atom is 0.0469 e. The molecule has 0 unspecified atom stereocenters. The summed E-state index contributed by atoms with van der Waals surface area (Å²) in [6, 6.07) is 8.71. The summed E-state index contributed by atoms with van der Waals surface area (Å²) in [6.07, 6.45) is 4.38. The molecule has 3 nitrogen and oxygen atoms in total. The minimum Gasteiger partial charge on any atom is -0.381 e. The summed E-state index contributed by atoms with van der Waals surface area (Å²) in [4.78, 5) is 3.26. The Hall–Kier alpha value is -1.32. The fourth-order valence-corrected chi connectivity index (χ4v) is 2.58. The molecular formula is C15H20N2O. The number of ether oxygens (including phenoxy) is 1. The number of H-pyrrole nitrogens is 1. The van der Waals surface area contributed by atoms with E-state index in [9.17, 15) is 0 Å². The van der Waals surface area contributed by atoms with Gasteiger partial charge in [-0.25, -0.2) is 0 Å². The fraction of sp³-hybridized carbons (Fsp3) is 0.467. The lowest BCUT2D eigenvalue weighted by molar-refractivity contribution is 0.0662. The zero-order valence-corrected chi connectivity index (χ0v) is 10.6. The molecule has 0 saturated carbocycles. The van der Waals surface area contributed by atoms with Crippen LogP contribution in [-0.4, -0.2) is 24.7 Å². The van der Waals surface area contributed by atoms with Crippen LogP contribution in [0.15, 0.2) is 30.5 Å². The maximum absolute atomic E-state index is 5.37. The van der Waals surface area contributed by atoms with Crippen LogP contribution in [0.2, 0.25) is 0 Å². The average molecular weight is 244 g/mol. The van der Waals surface area contributed by atoms with E-state index in [1.54, 1.807) is 0 Å². The summed E-state index contributed by atoms with van der Waals surface area (Å²) in [6.45, 7) is 3.92. The van der Waals surface area contributed by atoms with Gasteiger partial charge in [0.05, 0.1) is 0 Å². The molecule has 2 N–H and O–H groups in total. The Morgan fingerprint density at radius 3 is 3.00 bits per heavy atom. The molecule has 3 rings (SSSR count). The predicted octanol–water partition coefficient (Wildman–Crippen LogP) is 2.68. The number of fused-ring (bicyclic) bond motifs is 1. The Labute approximate surface area is 108 Å². The van der Waals surface area contributed by atoms with Crippen molar-refractivity contribution in [2.75, 3.05) is 19.8 Å². The van der Waals surface area contributed by atoms with Crippen molar-refractivity contribution in [2.45, 2.75) is 19.4 Å². The second-order valence-electron chi connectivity index (χ2n) is 5.09. The second kappa shape index (κ2) is 5.55. The van der Waals surface area contributed by atoms with Gasteiger partial charge < -0.3 is 15.0 Å². The number of aromatic nitrogens is 1. The third kappa shape index (κ3) is 2.74. The largest absolute Gasteiger partial charge is 0.381 e. The molecule has 3 heteroatoms. The second-order valence-corrected chi connectivity index (χ2v) is 5.09. The van der Waals surface area contributed by atoms with E-state index >= 15 is 0 Å². The van der Waals surface area contributed by atoms with Gasteiger partial charge >= 0.3 is 0 Å². The Kier molecular flexibility index (Phi) is 3.62. The van der Waals surface area contributed by atoms with Crippen LogP contribution < -0.4 is 5.32 Å². The van der Waals surface area contributed by atoms with E-state index in [-0.39, 0.29) is 0 Å². The molecule has 2 heterocycles. The van der Waals surface area contributed by atoms with Gasteiger partial charge in [0.25, 0.3) is 0 Å². The molecule has 2 aromatic rings. The first kappa shape index (κ1) is 11.8. The van der Waals surface area contributed by atoms with E-state index in [4.69, 9.17) is 4.74 Å². The van der Waals surface area contributed by atoms with E-state index in [1.807, 2.05) is 6.20 Å². The molecule has 1 aliphatic heterocycles. The Morgan fingerprint density at radius 1 is 1.22 bits per heavy atom. The minimum atomic E-state index is 0.785. The molecule has 0 aliphatic carbocycles. The third-order valence-corrected chi connectivity index (χ3v) is 3.72. The topological polar surface area (TPSA) is 37.0 Å². The summed E-state index contributed by atoms with van der Waals surface area (Å²) in [5.74, 6) is 0.785. The van der Waals surface area contributed by atoms with Gasteiger partial charge in [0.15, 0.2) is 0 Å². The lowest BCUT2D eigenvalue weighted by atomic mass is 10.0. The summed E-state index contributed by atoms with van der Waals surface area (Å²) >= 11 is 0. The molecule has 0 amide bonds. The molecule has 0 atom stereocenters. The lowest BCUT2D eigenvalue weighted by Gasteiger charge is -2.22. The highest BCUT2D eigenvalue weighted by Crippen LogP contribution is 2.15. The van der Waals surface area contributed by atoms with Crippen molar-refractivity contribution >= 4 is 10.9 Å². The normalized spacial score (nSPS) is 17.3. The smallest absolute Gasteiger partial charge is 0.0469 e. The Bertz CT molecular complexity index is 500. The zero-order valence-electron chi connectivity index (χ0n) is 10.6. The van der Waals surface area contributed by atoms with Gasteiger partial charge in [-0.05, 0) is 48.4 Å². The monoisotopic (exact) mass is 244 g/mol. The maximum atomic E-state index is 5.37. The number of hydrogen-bond donors (Lipinski definition) is 2. The first-order valence-corrected chi connectivity index (χ1v) is 6.76. The standard InChI is InChI=1S/C15H20N2O/c1-2-14-3-6-17-15(14)9-13(1)11-16-10-12-4-7-18-8-5-12/h1-3,6,9,12,16-17H,4-5,7-8,10-11H2. The summed E-state index contributed by atoms with van der Waals surface area (Å²) < 4.78 is 5.37. The van der Waals surface area contributed by atoms with Gasteiger partial charge in [-0.2, -0.15) is 0 Å². The van der Waals surface area contributed by atoms with Gasteiger partial charge in [0.1, 0.15) is 0 Å². The van der Waals surface area contributed by atoms with Crippen LogP contribution in [0.5, 0.6) is 0 Å². The SMILES string of the molecule is c1cc2ccc(CNCC3CCOCC3)cc2[nH]1. The lowest BCUT2D eigenvalue weighted by Crippen LogP contribution is -2.27. The van der Waals surface area contributed by atoms with Crippen molar-refractivity contribution in [3.63, 3.8) is 0 Å². The summed E-state index contributed by atoms with van der Waals surface area (Å²) in [5.41, 5.74) is 2.57. The molecule has 96 valence electrons. The van der Waals surface area contributed by atoms with Crippen LogP contribution in [0.25, 0.3) is 10.9 Å². The average Bonchev–Trinajstić information content (AvgIpc) is 2.87. The molecule has 1 aromatic carbocycles. The fourth-order valence-electron chi connectivity index (χ4n) is 2.58. The minimum absolute atomic E-state index is 0.785. The van der Waals surface area contributed by atoms with Crippen LogP contribution in [-0.2, 0) is 11.3 Å². The van der Waals surface area contributed by atoms with Crippen molar-refractivity contribution < 1.29 is 4.74 Å². The predicted molar refractivity (Wildman–Crippen MR) is 73.5 cm³/mol. The zero-order chi connectivity index (χ0) is 12.2.